The fraction of sp³-hybridized carbons (Fsp3) is 0.769. The minimum absolute atomic E-state index is 0.0178. The van der Waals surface area contributed by atoms with Gasteiger partial charge < -0.3 is 15.2 Å². The molecule has 0 rings (SSSR count). The van der Waals surface area contributed by atoms with Gasteiger partial charge in [0.05, 0.1) is 19.6 Å². The van der Waals surface area contributed by atoms with E-state index in [4.69, 9.17) is 9.84 Å². The van der Waals surface area contributed by atoms with E-state index in [1.807, 2.05) is 6.92 Å². The van der Waals surface area contributed by atoms with Crippen LogP contribution in [-0.2, 0) is 19.1 Å². The second-order valence-electron chi connectivity index (χ2n) is 4.27. The number of hydrogen-bond donors (Lipinski definition) is 2. The molecule has 7 heteroatoms. The first-order chi connectivity index (χ1) is 9.49. The molecule has 0 aliphatic heterocycles. The van der Waals surface area contributed by atoms with Gasteiger partial charge in [0.2, 0.25) is 5.91 Å². The van der Waals surface area contributed by atoms with Gasteiger partial charge in [0, 0.05) is 19.5 Å². The Morgan fingerprint density at radius 3 is 2.45 bits per heavy atom. The number of carbonyl (C=O) groups excluding carboxylic acids is 2. The number of ether oxygens (including phenoxy) is 1. The Balaban J connectivity index is 3.74. The molecule has 20 heavy (non-hydrogen) atoms. The van der Waals surface area contributed by atoms with Crippen molar-refractivity contribution in [2.45, 2.75) is 33.1 Å². The molecule has 0 radical (unpaired) electrons. The Bertz CT molecular complexity index is 320. The summed E-state index contributed by atoms with van der Waals surface area (Å²) in [4.78, 5) is 34.9. The van der Waals surface area contributed by atoms with Crippen LogP contribution in [0, 0.1) is 0 Å². The molecular weight excluding hydrogens is 264 g/mol. The number of hydrogen-bond acceptors (Lipinski definition) is 5. The van der Waals surface area contributed by atoms with Crippen molar-refractivity contribution >= 4 is 17.8 Å². The van der Waals surface area contributed by atoms with Crippen LogP contribution in [-0.4, -0.2) is 60.6 Å². The molecule has 7 nitrogen and oxygen atoms in total. The summed E-state index contributed by atoms with van der Waals surface area (Å²) in [5, 5.41) is 11.3. The predicted molar refractivity (Wildman–Crippen MR) is 73.2 cm³/mol. The van der Waals surface area contributed by atoms with Crippen LogP contribution < -0.4 is 5.32 Å². The Hall–Kier alpha value is -1.63. The van der Waals surface area contributed by atoms with E-state index in [0.717, 1.165) is 0 Å². The van der Waals surface area contributed by atoms with Gasteiger partial charge in [0.1, 0.15) is 0 Å². The molecule has 0 atom stereocenters. The second kappa shape index (κ2) is 11.2. The number of nitrogens with zero attached hydrogens (tertiary/aromatic N) is 1. The third kappa shape index (κ3) is 10.3. The van der Waals surface area contributed by atoms with E-state index in [1.165, 1.54) is 0 Å². The van der Waals surface area contributed by atoms with Gasteiger partial charge in [-0.2, -0.15) is 0 Å². The largest absolute Gasteiger partial charge is 0.481 e. The summed E-state index contributed by atoms with van der Waals surface area (Å²) >= 11 is 0. The minimum Gasteiger partial charge on any atom is -0.481 e. The first-order valence-corrected chi connectivity index (χ1v) is 6.86. The van der Waals surface area contributed by atoms with Crippen molar-refractivity contribution in [2.24, 2.45) is 0 Å². The van der Waals surface area contributed by atoms with Crippen LogP contribution in [0.3, 0.4) is 0 Å². The summed E-state index contributed by atoms with van der Waals surface area (Å²) < 4.78 is 4.77. The van der Waals surface area contributed by atoms with E-state index in [1.54, 1.807) is 11.8 Å². The maximum Gasteiger partial charge on any atom is 0.305 e. The highest BCUT2D eigenvalue weighted by Gasteiger charge is 2.10. The standard InChI is InChI=1S/C13H24N2O5/c1-3-15(9-7-12(17)18)10-11(16)14-8-5-6-13(19)20-4-2/h3-10H2,1-2H3,(H,14,16)(H,17,18). The van der Waals surface area contributed by atoms with Crippen LogP contribution in [0.15, 0.2) is 0 Å². The minimum atomic E-state index is -0.877. The fourth-order valence-electron chi connectivity index (χ4n) is 1.56. The Morgan fingerprint density at radius 2 is 1.90 bits per heavy atom. The van der Waals surface area contributed by atoms with Crippen molar-refractivity contribution in [1.82, 2.24) is 10.2 Å². The van der Waals surface area contributed by atoms with Crippen LogP contribution in [0.5, 0.6) is 0 Å². The van der Waals surface area contributed by atoms with Gasteiger partial charge in [-0.05, 0) is 19.9 Å². The van der Waals surface area contributed by atoms with Gasteiger partial charge in [-0.1, -0.05) is 6.92 Å². The Labute approximate surface area is 119 Å². The van der Waals surface area contributed by atoms with Gasteiger partial charge in [-0.15, -0.1) is 0 Å². The summed E-state index contributed by atoms with van der Waals surface area (Å²) in [5.74, 6) is -1.31. The number of nitrogens with one attached hydrogen (secondary N) is 1. The molecule has 0 heterocycles. The molecule has 0 aromatic carbocycles. The van der Waals surface area contributed by atoms with Crippen LogP contribution in [0.1, 0.15) is 33.1 Å². The third-order valence-electron chi connectivity index (χ3n) is 2.64. The van der Waals surface area contributed by atoms with Crippen LogP contribution in [0.4, 0.5) is 0 Å². The summed E-state index contributed by atoms with van der Waals surface area (Å²) in [6, 6.07) is 0. The molecule has 0 bridgehead atoms. The van der Waals surface area contributed by atoms with Gasteiger partial charge in [-0.3, -0.25) is 19.3 Å². The van der Waals surface area contributed by atoms with E-state index in [0.29, 0.717) is 32.7 Å². The van der Waals surface area contributed by atoms with E-state index >= 15 is 0 Å². The zero-order valence-electron chi connectivity index (χ0n) is 12.2. The van der Waals surface area contributed by atoms with E-state index in [9.17, 15) is 14.4 Å². The van der Waals surface area contributed by atoms with Gasteiger partial charge in [-0.25, -0.2) is 0 Å². The lowest BCUT2D eigenvalue weighted by Crippen LogP contribution is -2.38. The molecule has 1 amide bonds. The smallest absolute Gasteiger partial charge is 0.305 e. The van der Waals surface area contributed by atoms with Crippen molar-refractivity contribution in [1.29, 1.82) is 0 Å². The van der Waals surface area contributed by atoms with Crippen molar-refractivity contribution in [2.75, 3.05) is 32.8 Å². The van der Waals surface area contributed by atoms with Crippen molar-refractivity contribution < 1.29 is 24.2 Å². The molecule has 0 spiro atoms. The summed E-state index contributed by atoms with van der Waals surface area (Å²) in [6.07, 6.45) is 0.834. The van der Waals surface area contributed by atoms with E-state index in [-0.39, 0.29) is 31.3 Å². The molecular formula is C13H24N2O5. The SMILES string of the molecule is CCOC(=O)CCCNC(=O)CN(CC)CCC(=O)O. The molecule has 0 saturated heterocycles. The number of likely N-dealkylation sites (N-methyl/N-ethyl adjacent to an activating group) is 1. The number of carboxylic acids is 1. The monoisotopic (exact) mass is 288 g/mol. The molecule has 0 fully saturated rings. The number of carbonyl (C=O) groups is 3. The number of aliphatic carboxylic acids is 1. The molecule has 0 saturated carbocycles. The van der Waals surface area contributed by atoms with Crippen molar-refractivity contribution in [3.63, 3.8) is 0 Å². The van der Waals surface area contributed by atoms with Crippen LogP contribution in [0.25, 0.3) is 0 Å². The van der Waals surface area contributed by atoms with E-state index < -0.39 is 5.97 Å². The molecule has 2 N–H and O–H groups in total. The highest BCUT2D eigenvalue weighted by atomic mass is 16.5. The number of amides is 1. The lowest BCUT2D eigenvalue weighted by molar-refractivity contribution is -0.143. The number of rotatable bonds is 11. The van der Waals surface area contributed by atoms with Crippen LogP contribution in [0.2, 0.25) is 0 Å². The highest BCUT2D eigenvalue weighted by molar-refractivity contribution is 5.78. The molecule has 0 aromatic rings. The summed E-state index contributed by atoms with van der Waals surface area (Å²) in [7, 11) is 0. The number of esters is 1. The first kappa shape index (κ1) is 18.4. The zero-order chi connectivity index (χ0) is 15.4. The highest BCUT2D eigenvalue weighted by Crippen LogP contribution is 1.93. The lowest BCUT2D eigenvalue weighted by Gasteiger charge is -2.18. The maximum atomic E-state index is 11.6. The molecule has 0 unspecified atom stereocenters. The normalized spacial score (nSPS) is 10.3. The molecule has 0 aliphatic rings. The van der Waals surface area contributed by atoms with Crippen molar-refractivity contribution in [3.05, 3.63) is 0 Å². The predicted octanol–water partition coefficient (Wildman–Crippen LogP) is 0.243. The number of carboxylic acid groups (broad SMARTS) is 1. The van der Waals surface area contributed by atoms with Gasteiger partial charge in [0.15, 0.2) is 0 Å². The molecule has 116 valence electrons. The molecule has 0 aliphatic carbocycles. The third-order valence-corrected chi connectivity index (χ3v) is 2.64. The fourth-order valence-corrected chi connectivity index (χ4v) is 1.56. The van der Waals surface area contributed by atoms with Gasteiger partial charge >= 0.3 is 11.9 Å². The van der Waals surface area contributed by atoms with Gasteiger partial charge in [0.25, 0.3) is 0 Å². The van der Waals surface area contributed by atoms with Crippen LogP contribution >= 0.6 is 0 Å². The second-order valence-corrected chi connectivity index (χ2v) is 4.27. The quantitative estimate of drug-likeness (QED) is 0.418. The topological polar surface area (TPSA) is 95.9 Å². The average molecular weight is 288 g/mol. The summed E-state index contributed by atoms with van der Waals surface area (Å²) in [6.45, 7) is 5.52. The Morgan fingerprint density at radius 1 is 1.20 bits per heavy atom. The first-order valence-electron chi connectivity index (χ1n) is 6.86. The zero-order valence-corrected chi connectivity index (χ0v) is 12.2. The van der Waals surface area contributed by atoms with Crippen molar-refractivity contribution in [3.8, 4) is 0 Å². The van der Waals surface area contributed by atoms with E-state index in [2.05, 4.69) is 5.32 Å². The Kier molecular flexibility index (Phi) is 10.3. The average Bonchev–Trinajstić information content (AvgIpc) is 2.39. The molecule has 0 aromatic heterocycles. The summed E-state index contributed by atoms with van der Waals surface area (Å²) in [5.41, 5.74) is 0. The maximum absolute atomic E-state index is 11.6. The lowest BCUT2D eigenvalue weighted by atomic mass is 10.3.